The normalized spacial score (nSPS) is 20.1. The highest BCUT2D eigenvalue weighted by molar-refractivity contribution is 5.80. The molecular formula is C14H17NO. The van der Waals surface area contributed by atoms with Crippen LogP contribution < -0.4 is 0 Å². The van der Waals surface area contributed by atoms with Crippen LogP contribution in [0.5, 0.6) is 0 Å². The highest BCUT2D eigenvalue weighted by atomic mass is 16.3. The van der Waals surface area contributed by atoms with E-state index in [4.69, 9.17) is 0 Å². The Kier molecular flexibility index (Phi) is 2.25. The van der Waals surface area contributed by atoms with Gasteiger partial charge >= 0.3 is 0 Å². The van der Waals surface area contributed by atoms with E-state index in [9.17, 15) is 5.11 Å². The second kappa shape index (κ2) is 3.63. The molecule has 2 nitrogen and oxygen atoms in total. The minimum Gasteiger partial charge on any atom is -0.385 e. The van der Waals surface area contributed by atoms with E-state index in [2.05, 4.69) is 29.2 Å². The van der Waals surface area contributed by atoms with Crippen LogP contribution in [0, 0.1) is 0 Å². The Morgan fingerprint density at radius 1 is 1.06 bits per heavy atom. The van der Waals surface area contributed by atoms with Crippen LogP contribution >= 0.6 is 0 Å². The lowest BCUT2D eigenvalue weighted by molar-refractivity contribution is -0.000518. The summed E-state index contributed by atoms with van der Waals surface area (Å²) >= 11 is 0. The number of fused-ring (bicyclic) bond motifs is 1. The molecule has 0 saturated heterocycles. The van der Waals surface area contributed by atoms with Gasteiger partial charge in [-0.2, -0.15) is 0 Å². The van der Waals surface area contributed by atoms with E-state index in [0.717, 1.165) is 36.8 Å². The van der Waals surface area contributed by atoms with Crippen molar-refractivity contribution in [2.24, 2.45) is 0 Å². The summed E-state index contributed by atoms with van der Waals surface area (Å²) in [6, 6.07) is 8.32. The highest BCUT2D eigenvalue weighted by Gasteiger charge is 2.31. The van der Waals surface area contributed by atoms with Gasteiger partial charge in [0.1, 0.15) is 0 Å². The second-order valence-electron chi connectivity index (χ2n) is 4.87. The number of aromatic amines is 1. The summed E-state index contributed by atoms with van der Waals surface area (Å²) in [6.45, 7) is 0. The fourth-order valence-electron chi connectivity index (χ4n) is 2.76. The Labute approximate surface area is 95.3 Å². The summed E-state index contributed by atoms with van der Waals surface area (Å²) in [4.78, 5) is 3.21. The summed E-state index contributed by atoms with van der Waals surface area (Å²) in [5.74, 6) is 0. The molecule has 16 heavy (non-hydrogen) atoms. The first-order chi connectivity index (χ1) is 7.78. The van der Waals surface area contributed by atoms with Gasteiger partial charge in [-0.15, -0.1) is 0 Å². The predicted octanol–water partition coefficient (Wildman–Crippen LogP) is 3.32. The number of rotatable bonds is 1. The predicted molar refractivity (Wildman–Crippen MR) is 65.3 cm³/mol. The van der Waals surface area contributed by atoms with Crippen molar-refractivity contribution in [2.45, 2.75) is 37.7 Å². The lowest BCUT2D eigenvalue weighted by Gasteiger charge is -2.32. The first-order valence-corrected chi connectivity index (χ1v) is 6.08. The average Bonchev–Trinajstić information content (AvgIpc) is 2.77. The number of hydrogen-bond donors (Lipinski definition) is 2. The van der Waals surface area contributed by atoms with Crippen molar-refractivity contribution in [1.82, 2.24) is 4.98 Å². The van der Waals surface area contributed by atoms with Crippen molar-refractivity contribution in [3.05, 3.63) is 36.0 Å². The molecule has 1 saturated carbocycles. The summed E-state index contributed by atoms with van der Waals surface area (Å²) in [5.41, 5.74) is 1.61. The third-order valence-electron chi connectivity index (χ3n) is 3.77. The average molecular weight is 215 g/mol. The van der Waals surface area contributed by atoms with Crippen LogP contribution in [-0.2, 0) is 5.60 Å². The molecular weight excluding hydrogens is 198 g/mol. The quantitative estimate of drug-likeness (QED) is 0.752. The number of aromatic nitrogens is 1. The van der Waals surface area contributed by atoms with Gasteiger partial charge in [0.25, 0.3) is 0 Å². The Hall–Kier alpha value is -1.28. The van der Waals surface area contributed by atoms with E-state index < -0.39 is 5.60 Å². The van der Waals surface area contributed by atoms with Crippen molar-refractivity contribution >= 4 is 10.9 Å². The van der Waals surface area contributed by atoms with Crippen molar-refractivity contribution in [3.63, 3.8) is 0 Å². The van der Waals surface area contributed by atoms with Crippen LogP contribution in [0.25, 0.3) is 10.9 Å². The lowest BCUT2D eigenvalue weighted by atomic mass is 9.79. The molecule has 84 valence electrons. The van der Waals surface area contributed by atoms with Crippen molar-refractivity contribution < 1.29 is 5.11 Å². The summed E-state index contributed by atoms with van der Waals surface area (Å²) in [7, 11) is 0. The maximum absolute atomic E-state index is 10.6. The smallest absolute Gasteiger partial charge is 0.0897 e. The van der Waals surface area contributed by atoms with E-state index in [-0.39, 0.29) is 0 Å². The first kappa shape index (κ1) is 9.91. The molecule has 1 fully saturated rings. The van der Waals surface area contributed by atoms with Gasteiger partial charge in [0.2, 0.25) is 0 Å². The number of nitrogens with one attached hydrogen (secondary N) is 1. The van der Waals surface area contributed by atoms with Gasteiger partial charge in [-0.25, -0.2) is 0 Å². The topological polar surface area (TPSA) is 36.0 Å². The molecule has 1 aromatic carbocycles. The van der Waals surface area contributed by atoms with Gasteiger partial charge in [0.15, 0.2) is 0 Å². The molecule has 0 spiro atoms. The largest absolute Gasteiger partial charge is 0.385 e. The minimum absolute atomic E-state index is 0.586. The van der Waals surface area contributed by atoms with Crippen molar-refractivity contribution in [3.8, 4) is 0 Å². The van der Waals surface area contributed by atoms with E-state index >= 15 is 0 Å². The number of aliphatic hydroxyl groups is 1. The monoisotopic (exact) mass is 215 g/mol. The first-order valence-electron chi connectivity index (χ1n) is 6.08. The van der Waals surface area contributed by atoms with E-state index in [0.29, 0.717) is 0 Å². The Bertz CT molecular complexity index is 494. The molecule has 0 unspecified atom stereocenters. The van der Waals surface area contributed by atoms with Gasteiger partial charge in [0.05, 0.1) is 5.60 Å². The molecule has 1 aliphatic carbocycles. The molecule has 1 aromatic heterocycles. The molecule has 1 heterocycles. The van der Waals surface area contributed by atoms with Crippen LogP contribution in [0.1, 0.15) is 37.7 Å². The van der Waals surface area contributed by atoms with Gasteiger partial charge in [-0.1, -0.05) is 31.4 Å². The summed E-state index contributed by atoms with van der Waals surface area (Å²) in [5, 5.41) is 11.8. The SMILES string of the molecule is OC1(c2ccc3cc[nH]c3c2)CCCCC1. The van der Waals surface area contributed by atoms with E-state index in [1.807, 2.05) is 6.20 Å². The molecule has 2 heteroatoms. The Balaban J connectivity index is 2.03. The molecule has 0 aliphatic heterocycles. The second-order valence-corrected chi connectivity index (χ2v) is 4.87. The third kappa shape index (κ3) is 1.54. The molecule has 0 bridgehead atoms. The van der Waals surface area contributed by atoms with Crippen LogP contribution in [0.2, 0.25) is 0 Å². The van der Waals surface area contributed by atoms with E-state index in [1.165, 1.54) is 11.8 Å². The number of H-pyrrole nitrogens is 1. The Morgan fingerprint density at radius 2 is 1.88 bits per heavy atom. The molecule has 0 radical (unpaired) electrons. The summed E-state index contributed by atoms with van der Waals surface area (Å²) < 4.78 is 0. The van der Waals surface area contributed by atoms with Gasteiger partial charge in [-0.3, -0.25) is 0 Å². The van der Waals surface area contributed by atoms with Crippen LogP contribution in [0.4, 0.5) is 0 Å². The number of benzene rings is 1. The third-order valence-corrected chi connectivity index (χ3v) is 3.77. The van der Waals surface area contributed by atoms with Crippen molar-refractivity contribution in [1.29, 1.82) is 0 Å². The zero-order valence-corrected chi connectivity index (χ0v) is 9.37. The molecule has 2 N–H and O–H groups in total. The molecule has 0 atom stereocenters. The van der Waals surface area contributed by atoms with Crippen LogP contribution in [0.15, 0.2) is 30.5 Å². The highest BCUT2D eigenvalue weighted by Crippen LogP contribution is 2.37. The molecule has 3 rings (SSSR count). The van der Waals surface area contributed by atoms with Gasteiger partial charge in [0, 0.05) is 11.7 Å². The van der Waals surface area contributed by atoms with Gasteiger partial charge < -0.3 is 10.1 Å². The fourth-order valence-corrected chi connectivity index (χ4v) is 2.76. The maximum atomic E-state index is 10.6. The number of hydrogen-bond acceptors (Lipinski definition) is 1. The molecule has 2 aromatic rings. The Morgan fingerprint density at radius 3 is 2.69 bits per heavy atom. The molecule has 0 amide bonds. The zero-order chi connectivity index (χ0) is 11.0. The fraction of sp³-hybridized carbons (Fsp3) is 0.429. The maximum Gasteiger partial charge on any atom is 0.0897 e. The zero-order valence-electron chi connectivity index (χ0n) is 9.37. The minimum atomic E-state index is -0.586. The van der Waals surface area contributed by atoms with Crippen LogP contribution in [0.3, 0.4) is 0 Å². The van der Waals surface area contributed by atoms with E-state index in [1.54, 1.807) is 0 Å². The van der Waals surface area contributed by atoms with Crippen LogP contribution in [-0.4, -0.2) is 10.1 Å². The van der Waals surface area contributed by atoms with Crippen molar-refractivity contribution in [2.75, 3.05) is 0 Å². The summed E-state index contributed by atoms with van der Waals surface area (Å²) in [6.07, 6.45) is 7.28. The standard InChI is InChI=1S/C14H17NO/c16-14(7-2-1-3-8-14)12-5-4-11-6-9-15-13(11)10-12/h4-6,9-10,15-16H,1-3,7-8H2. The van der Waals surface area contributed by atoms with Gasteiger partial charge in [-0.05, 0) is 35.9 Å². The lowest BCUT2D eigenvalue weighted by Crippen LogP contribution is -2.28. The molecule has 1 aliphatic rings.